The topological polar surface area (TPSA) is 82.5 Å². The standard InChI is InChI=1S/C13H18N2O3/c1-8-4-9(6-10(16)5-8)11-2-3-14-7-12(11)15-13(17)18/h2-3,7-10,15-16H,4-6H2,1H3,(H,17,18). The number of nitrogens with one attached hydrogen (secondary N) is 1. The van der Waals surface area contributed by atoms with Crippen molar-refractivity contribution in [3.05, 3.63) is 24.0 Å². The van der Waals surface area contributed by atoms with Crippen LogP contribution in [0.3, 0.4) is 0 Å². The Hall–Kier alpha value is -1.62. The number of rotatable bonds is 2. The summed E-state index contributed by atoms with van der Waals surface area (Å²) in [5, 5.41) is 21.0. The third-order valence-electron chi connectivity index (χ3n) is 3.45. The fourth-order valence-electron chi connectivity index (χ4n) is 2.80. The van der Waals surface area contributed by atoms with E-state index in [0.29, 0.717) is 18.0 Å². The highest BCUT2D eigenvalue weighted by Gasteiger charge is 2.27. The zero-order valence-electron chi connectivity index (χ0n) is 10.3. The number of amides is 1. The van der Waals surface area contributed by atoms with E-state index in [9.17, 15) is 9.90 Å². The molecule has 1 saturated carbocycles. The zero-order chi connectivity index (χ0) is 13.1. The molecule has 1 aromatic heterocycles. The number of hydrogen-bond acceptors (Lipinski definition) is 3. The van der Waals surface area contributed by atoms with Crippen molar-refractivity contribution in [1.82, 2.24) is 4.98 Å². The lowest BCUT2D eigenvalue weighted by atomic mass is 9.77. The first-order valence-corrected chi connectivity index (χ1v) is 6.18. The van der Waals surface area contributed by atoms with Gasteiger partial charge in [-0.25, -0.2) is 4.79 Å². The molecule has 1 aliphatic rings. The predicted molar refractivity (Wildman–Crippen MR) is 67.6 cm³/mol. The van der Waals surface area contributed by atoms with Gasteiger partial charge in [0.2, 0.25) is 0 Å². The van der Waals surface area contributed by atoms with Crippen molar-refractivity contribution in [3.63, 3.8) is 0 Å². The van der Waals surface area contributed by atoms with E-state index in [2.05, 4.69) is 17.2 Å². The zero-order valence-corrected chi connectivity index (χ0v) is 10.3. The second-order valence-electron chi connectivity index (χ2n) is 5.06. The average Bonchev–Trinajstić information content (AvgIpc) is 2.27. The molecule has 0 radical (unpaired) electrons. The van der Waals surface area contributed by atoms with Crippen molar-refractivity contribution in [2.75, 3.05) is 5.32 Å². The summed E-state index contributed by atoms with van der Waals surface area (Å²) in [4.78, 5) is 14.7. The van der Waals surface area contributed by atoms with Gasteiger partial charge in [-0.3, -0.25) is 10.3 Å². The second-order valence-corrected chi connectivity index (χ2v) is 5.06. The number of carbonyl (C=O) groups is 1. The molecule has 2 rings (SSSR count). The van der Waals surface area contributed by atoms with Gasteiger partial charge in [-0.05, 0) is 42.7 Å². The molecule has 0 bridgehead atoms. The van der Waals surface area contributed by atoms with Gasteiger partial charge in [-0.2, -0.15) is 0 Å². The fraction of sp³-hybridized carbons (Fsp3) is 0.538. The van der Waals surface area contributed by atoms with E-state index in [1.807, 2.05) is 6.07 Å². The minimum atomic E-state index is -1.09. The molecule has 0 aliphatic heterocycles. The predicted octanol–water partition coefficient (Wildman–Crippen LogP) is 2.44. The van der Waals surface area contributed by atoms with Gasteiger partial charge < -0.3 is 10.2 Å². The number of carboxylic acid groups (broad SMARTS) is 1. The van der Waals surface area contributed by atoms with Gasteiger partial charge >= 0.3 is 6.09 Å². The first-order valence-electron chi connectivity index (χ1n) is 6.18. The van der Waals surface area contributed by atoms with Gasteiger partial charge in [0.1, 0.15) is 0 Å². The molecule has 5 heteroatoms. The van der Waals surface area contributed by atoms with Gasteiger partial charge in [-0.15, -0.1) is 0 Å². The van der Waals surface area contributed by atoms with E-state index in [-0.39, 0.29) is 12.0 Å². The van der Waals surface area contributed by atoms with Gasteiger partial charge in [0.25, 0.3) is 0 Å². The monoisotopic (exact) mass is 250 g/mol. The van der Waals surface area contributed by atoms with Crippen LogP contribution in [0.2, 0.25) is 0 Å². The summed E-state index contributed by atoms with van der Waals surface area (Å²) in [6, 6.07) is 1.83. The van der Waals surface area contributed by atoms with Gasteiger partial charge in [0, 0.05) is 6.20 Å². The fourth-order valence-corrected chi connectivity index (χ4v) is 2.80. The van der Waals surface area contributed by atoms with Crippen molar-refractivity contribution in [2.24, 2.45) is 5.92 Å². The van der Waals surface area contributed by atoms with E-state index in [1.165, 1.54) is 6.20 Å². The summed E-state index contributed by atoms with van der Waals surface area (Å²) in [7, 11) is 0. The summed E-state index contributed by atoms with van der Waals surface area (Å²) in [6.45, 7) is 2.11. The molecule has 98 valence electrons. The molecule has 0 aromatic carbocycles. The Balaban J connectivity index is 2.23. The molecule has 0 saturated heterocycles. The van der Waals surface area contributed by atoms with Gasteiger partial charge in [-0.1, -0.05) is 6.92 Å². The average molecular weight is 250 g/mol. The molecule has 3 N–H and O–H groups in total. The van der Waals surface area contributed by atoms with Crippen LogP contribution >= 0.6 is 0 Å². The minimum Gasteiger partial charge on any atom is -0.465 e. The van der Waals surface area contributed by atoms with E-state index in [4.69, 9.17) is 5.11 Å². The van der Waals surface area contributed by atoms with Crippen molar-refractivity contribution in [1.29, 1.82) is 0 Å². The first-order chi connectivity index (χ1) is 8.56. The highest BCUT2D eigenvalue weighted by atomic mass is 16.4. The Morgan fingerprint density at radius 1 is 1.44 bits per heavy atom. The van der Waals surface area contributed by atoms with Crippen LogP contribution in [0.1, 0.15) is 37.7 Å². The Labute approximate surface area is 106 Å². The Morgan fingerprint density at radius 3 is 2.89 bits per heavy atom. The molecule has 3 atom stereocenters. The van der Waals surface area contributed by atoms with Crippen molar-refractivity contribution < 1.29 is 15.0 Å². The number of aliphatic hydroxyl groups excluding tert-OH is 1. The van der Waals surface area contributed by atoms with Crippen molar-refractivity contribution >= 4 is 11.8 Å². The number of aromatic nitrogens is 1. The lowest BCUT2D eigenvalue weighted by Gasteiger charge is -2.31. The summed E-state index contributed by atoms with van der Waals surface area (Å²) in [6.07, 6.45) is 4.27. The molecule has 1 aromatic rings. The van der Waals surface area contributed by atoms with Crippen LogP contribution in [-0.2, 0) is 0 Å². The molecule has 1 fully saturated rings. The molecule has 1 aliphatic carbocycles. The van der Waals surface area contributed by atoms with Crippen LogP contribution in [-0.4, -0.2) is 27.4 Å². The molecule has 18 heavy (non-hydrogen) atoms. The van der Waals surface area contributed by atoms with E-state index < -0.39 is 6.09 Å². The van der Waals surface area contributed by atoms with Crippen LogP contribution in [0.5, 0.6) is 0 Å². The smallest absolute Gasteiger partial charge is 0.409 e. The molecule has 1 amide bonds. The molecule has 1 heterocycles. The van der Waals surface area contributed by atoms with Crippen molar-refractivity contribution in [3.8, 4) is 0 Å². The van der Waals surface area contributed by atoms with Crippen LogP contribution in [0.15, 0.2) is 18.5 Å². The van der Waals surface area contributed by atoms with E-state index >= 15 is 0 Å². The van der Waals surface area contributed by atoms with Gasteiger partial charge in [0.05, 0.1) is 18.0 Å². The summed E-state index contributed by atoms with van der Waals surface area (Å²) in [5.74, 6) is 0.637. The van der Waals surface area contributed by atoms with Crippen LogP contribution < -0.4 is 5.32 Å². The Bertz CT molecular complexity index is 426. The first kappa shape index (κ1) is 12.8. The highest BCUT2D eigenvalue weighted by molar-refractivity contribution is 5.83. The molecular formula is C13H18N2O3. The highest BCUT2D eigenvalue weighted by Crippen LogP contribution is 2.38. The van der Waals surface area contributed by atoms with E-state index in [0.717, 1.165) is 18.4 Å². The third kappa shape index (κ3) is 2.98. The molecule has 3 unspecified atom stereocenters. The van der Waals surface area contributed by atoms with Crippen LogP contribution in [0.4, 0.5) is 10.5 Å². The maximum atomic E-state index is 10.7. The largest absolute Gasteiger partial charge is 0.465 e. The number of pyridine rings is 1. The molecule has 0 spiro atoms. The maximum absolute atomic E-state index is 10.7. The summed E-state index contributed by atoms with van der Waals surface area (Å²) < 4.78 is 0. The number of anilines is 1. The Morgan fingerprint density at radius 2 is 2.22 bits per heavy atom. The lowest BCUT2D eigenvalue weighted by molar-refractivity contribution is 0.0947. The molecule has 5 nitrogen and oxygen atoms in total. The quantitative estimate of drug-likeness (QED) is 0.752. The number of nitrogens with zero attached hydrogens (tertiary/aromatic N) is 1. The lowest BCUT2D eigenvalue weighted by Crippen LogP contribution is -2.24. The van der Waals surface area contributed by atoms with Crippen molar-refractivity contribution in [2.45, 2.75) is 38.2 Å². The molecular weight excluding hydrogens is 232 g/mol. The normalized spacial score (nSPS) is 27.8. The SMILES string of the molecule is CC1CC(O)CC(c2ccncc2NC(=O)O)C1. The number of aliphatic hydroxyl groups is 1. The van der Waals surface area contributed by atoms with E-state index in [1.54, 1.807) is 6.20 Å². The third-order valence-corrected chi connectivity index (χ3v) is 3.45. The van der Waals surface area contributed by atoms with Crippen LogP contribution in [0, 0.1) is 5.92 Å². The second kappa shape index (κ2) is 5.35. The van der Waals surface area contributed by atoms with Gasteiger partial charge in [0.15, 0.2) is 0 Å². The number of hydrogen-bond donors (Lipinski definition) is 3. The summed E-state index contributed by atoms with van der Waals surface area (Å²) in [5.41, 5.74) is 1.45. The maximum Gasteiger partial charge on any atom is 0.409 e. The van der Waals surface area contributed by atoms with Crippen LogP contribution in [0.25, 0.3) is 0 Å². The summed E-state index contributed by atoms with van der Waals surface area (Å²) >= 11 is 0. The Kier molecular flexibility index (Phi) is 3.81. The minimum absolute atomic E-state index is 0.189.